The number of methoxy groups -OCH3 is 1. The van der Waals surface area contributed by atoms with Crippen molar-refractivity contribution in [1.82, 2.24) is 10.2 Å². The van der Waals surface area contributed by atoms with E-state index in [1.807, 2.05) is 19.1 Å². The van der Waals surface area contributed by atoms with E-state index in [0.29, 0.717) is 27.6 Å². The van der Waals surface area contributed by atoms with Crippen molar-refractivity contribution in [3.8, 4) is 16.3 Å². The molecule has 3 aromatic rings. The second-order valence-electron chi connectivity index (χ2n) is 6.27. The van der Waals surface area contributed by atoms with Gasteiger partial charge in [-0.2, -0.15) is 13.2 Å². The molecule has 1 aromatic heterocycles. The molecule has 31 heavy (non-hydrogen) atoms. The molecule has 1 heterocycles. The highest BCUT2D eigenvalue weighted by Crippen LogP contribution is 2.35. The van der Waals surface area contributed by atoms with Gasteiger partial charge in [0.1, 0.15) is 21.6 Å². The van der Waals surface area contributed by atoms with E-state index in [-0.39, 0.29) is 12.2 Å². The van der Waals surface area contributed by atoms with Gasteiger partial charge < -0.3 is 9.47 Å². The number of rotatable bonds is 7. The van der Waals surface area contributed by atoms with E-state index in [1.165, 1.54) is 36.3 Å². The van der Waals surface area contributed by atoms with E-state index >= 15 is 0 Å². The van der Waals surface area contributed by atoms with Crippen LogP contribution < -0.4 is 4.74 Å². The van der Waals surface area contributed by atoms with Crippen LogP contribution in [-0.2, 0) is 21.5 Å². The van der Waals surface area contributed by atoms with Crippen LogP contribution in [0.4, 0.5) is 17.6 Å². The van der Waals surface area contributed by atoms with Crippen LogP contribution in [0.3, 0.4) is 0 Å². The summed E-state index contributed by atoms with van der Waals surface area (Å²) in [5.41, 5.74) is -0.236. The van der Waals surface area contributed by atoms with Crippen molar-refractivity contribution in [3.05, 3.63) is 58.3 Å². The number of ether oxygens (including phenoxy) is 2. The van der Waals surface area contributed by atoms with Crippen molar-refractivity contribution < 1.29 is 31.8 Å². The Morgan fingerprint density at radius 1 is 1.16 bits per heavy atom. The highest BCUT2D eigenvalue weighted by Gasteiger charge is 2.34. The van der Waals surface area contributed by atoms with Crippen LogP contribution in [0.1, 0.15) is 16.1 Å². The number of aryl methyl sites for hydroxylation is 1. The summed E-state index contributed by atoms with van der Waals surface area (Å²) in [7, 11) is 1.28. The smallest absolute Gasteiger partial charge is 0.419 e. The number of carbonyl (C=O) groups is 1. The Bertz CT molecular complexity index is 1090. The highest BCUT2D eigenvalue weighted by molar-refractivity contribution is 7.98. The summed E-state index contributed by atoms with van der Waals surface area (Å²) in [6.45, 7) is 1.67. The Morgan fingerprint density at radius 2 is 1.94 bits per heavy atom. The van der Waals surface area contributed by atoms with Gasteiger partial charge in [0.05, 0.1) is 18.4 Å². The van der Waals surface area contributed by atoms with E-state index in [4.69, 9.17) is 4.74 Å². The van der Waals surface area contributed by atoms with Gasteiger partial charge in [-0.05, 0) is 42.8 Å². The number of esters is 1. The Morgan fingerprint density at radius 3 is 2.58 bits per heavy atom. The molecule has 0 saturated carbocycles. The minimum absolute atomic E-state index is 0.179. The minimum atomic E-state index is -4.75. The first kappa shape index (κ1) is 23.0. The maximum atomic E-state index is 13.8. The molecule has 3 rings (SSSR count). The number of aromatic nitrogens is 2. The lowest BCUT2D eigenvalue weighted by molar-refractivity contribution is -0.143. The minimum Gasteiger partial charge on any atom is -0.482 e. The van der Waals surface area contributed by atoms with E-state index < -0.39 is 23.5 Å². The molecule has 0 unspecified atom stereocenters. The zero-order chi connectivity index (χ0) is 22.6. The number of hydrogen-bond donors (Lipinski definition) is 0. The Kier molecular flexibility index (Phi) is 7.16. The molecule has 0 atom stereocenters. The molecule has 11 heteroatoms. The number of hydrogen-bond acceptors (Lipinski definition) is 7. The van der Waals surface area contributed by atoms with Crippen molar-refractivity contribution in [1.29, 1.82) is 0 Å². The summed E-state index contributed by atoms with van der Waals surface area (Å²) in [6, 6.07) is 8.17. The molecule has 2 aromatic carbocycles. The first-order valence-corrected chi connectivity index (χ1v) is 10.6. The number of nitrogens with zero attached hydrogens (tertiary/aromatic N) is 2. The van der Waals surface area contributed by atoms with E-state index in [0.717, 1.165) is 16.5 Å². The maximum absolute atomic E-state index is 13.8. The summed E-state index contributed by atoms with van der Waals surface area (Å²) >= 11 is 2.66. The SMILES string of the molecule is COC(=O)COc1ccc(SCc2nnc(-c3ccc(C(F)(F)F)c(F)c3)s2)cc1C. The van der Waals surface area contributed by atoms with E-state index in [1.54, 1.807) is 6.07 Å². The number of carbonyl (C=O) groups excluding carboxylic acids is 1. The summed E-state index contributed by atoms with van der Waals surface area (Å²) in [5.74, 6) is -0.779. The number of alkyl halides is 3. The standard InChI is InChI=1S/C20H16F4N2O3S2/c1-11-7-13(4-6-16(11)29-9-18(27)28-2)30-10-17-25-26-19(31-17)12-3-5-14(15(21)8-12)20(22,23)24/h3-8H,9-10H2,1-2H3. The fourth-order valence-corrected chi connectivity index (χ4v) is 4.34. The second kappa shape index (κ2) is 9.65. The molecule has 0 saturated heterocycles. The second-order valence-corrected chi connectivity index (χ2v) is 8.38. The molecule has 0 spiro atoms. The third-order valence-electron chi connectivity index (χ3n) is 4.07. The van der Waals surface area contributed by atoms with Crippen LogP contribution in [0.15, 0.2) is 41.3 Å². The Hall–Kier alpha value is -2.66. The fourth-order valence-electron chi connectivity index (χ4n) is 2.52. The monoisotopic (exact) mass is 472 g/mol. The van der Waals surface area contributed by atoms with Crippen LogP contribution in [0.2, 0.25) is 0 Å². The zero-order valence-corrected chi connectivity index (χ0v) is 18.0. The first-order chi connectivity index (χ1) is 14.7. The number of halogens is 4. The maximum Gasteiger partial charge on any atom is 0.419 e. The van der Waals surface area contributed by atoms with Gasteiger partial charge in [-0.3, -0.25) is 0 Å². The van der Waals surface area contributed by atoms with Crippen molar-refractivity contribution in [2.75, 3.05) is 13.7 Å². The van der Waals surface area contributed by atoms with Crippen molar-refractivity contribution in [3.63, 3.8) is 0 Å². The van der Waals surface area contributed by atoms with Gasteiger partial charge >= 0.3 is 12.1 Å². The number of benzene rings is 2. The predicted molar refractivity (Wildman–Crippen MR) is 109 cm³/mol. The van der Waals surface area contributed by atoms with Crippen LogP contribution in [-0.4, -0.2) is 29.9 Å². The van der Waals surface area contributed by atoms with Crippen LogP contribution >= 0.6 is 23.1 Å². The molecule has 0 N–H and O–H groups in total. The lowest BCUT2D eigenvalue weighted by Gasteiger charge is -2.09. The molecule has 0 radical (unpaired) electrons. The predicted octanol–water partition coefficient (Wildman–Crippen LogP) is 5.52. The highest BCUT2D eigenvalue weighted by atomic mass is 32.2. The Balaban J connectivity index is 1.64. The molecule has 0 fully saturated rings. The summed E-state index contributed by atoms with van der Waals surface area (Å²) in [4.78, 5) is 12.1. The average Bonchev–Trinajstić information content (AvgIpc) is 3.19. The third kappa shape index (κ3) is 5.95. The van der Waals surface area contributed by atoms with Gasteiger partial charge in [-0.25, -0.2) is 9.18 Å². The lowest BCUT2D eigenvalue weighted by Crippen LogP contribution is -2.12. The third-order valence-corrected chi connectivity index (χ3v) is 6.23. The van der Waals surface area contributed by atoms with Gasteiger partial charge in [0.25, 0.3) is 0 Å². The molecule has 0 aliphatic heterocycles. The lowest BCUT2D eigenvalue weighted by atomic mass is 10.1. The van der Waals surface area contributed by atoms with Gasteiger partial charge in [-0.1, -0.05) is 17.4 Å². The van der Waals surface area contributed by atoms with Gasteiger partial charge in [0.15, 0.2) is 6.61 Å². The van der Waals surface area contributed by atoms with Crippen LogP contribution in [0.25, 0.3) is 10.6 Å². The van der Waals surface area contributed by atoms with Crippen LogP contribution in [0, 0.1) is 12.7 Å². The van der Waals surface area contributed by atoms with Gasteiger partial charge in [0, 0.05) is 10.5 Å². The summed E-state index contributed by atoms with van der Waals surface area (Å²) < 4.78 is 61.8. The quantitative estimate of drug-likeness (QED) is 0.257. The normalized spacial score (nSPS) is 11.4. The number of thioether (sulfide) groups is 1. The topological polar surface area (TPSA) is 61.3 Å². The molecule has 0 bridgehead atoms. The van der Waals surface area contributed by atoms with Crippen molar-refractivity contribution >= 4 is 29.1 Å². The summed E-state index contributed by atoms with van der Waals surface area (Å²) in [6.07, 6.45) is -4.75. The molecule has 0 amide bonds. The summed E-state index contributed by atoms with van der Waals surface area (Å²) in [5, 5.41) is 8.97. The molecule has 5 nitrogen and oxygen atoms in total. The first-order valence-electron chi connectivity index (χ1n) is 8.80. The van der Waals surface area contributed by atoms with Gasteiger partial charge in [-0.15, -0.1) is 22.0 Å². The molecule has 0 aliphatic carbocycles. The van der Waals surface area contributed by atoms with E-state index in [2.05, 4.69) is 14.9 Å². The average molecular weight is 472 g/mol. The Labute approximate surface area is 183 Å². The zero-order valence-electron chi connectivity index (χ0n) is 16.3. The van der Waals surface area contributed by atoms with Crippen molar-refractivity contribution in [2.24, 2.45) is 0 Å². The molecular formula is C20H16F4N2O3S2. The molecule has 164 valence electrons. The van der Waals surface area contributed by atoms with Crippen molar-refractivity contribution in [2.45, 2.75) is 23.7 Å². The molecule has 0 aliphatic rings. The fraction of sp³-hybridized carbons (Fsp3) is 0.250. The van der Waals surface area contributed by atoms with Crippen LogP contribution in [0.5, 0.6) is 5.75 Å². The van der Waals surface area contributed by atoms with Gasteiger partial charge in [0.2, 0.25) is 0 Å². The molecular weight excluding hydrogens is 456 g/mol. The largest absolute Gasteiger partial charge is 0.482 e. The van der Waals surface area contributed by atoms with E-state index in [9.17, 15) is 22.4 Å².